The lowest BCUT2D eigenvalue weighted by molar-refractivity contribution is 0.0685. The van der Waals surface area contributed by atoms with Crippen LogP contribution in [0.15, 0.2) is 35.9 Å². The number of rotatable bonds is 0. The summed E-state index contributed by atoms with van der Waals surface area (Å²) in [5.41, 5.74) is 3.07. The normalized spacial score (nSPS) is 42.6. The van der Waals surface area contributed by atoms with Crippen molar-refractivity contribution >= 4 is 0 Å². The molecule has 1 heterocycles. The molecule has 2 saturated carbocycles. The summed E-state index contributed by atoms with van der Waals surface area (Å²) in [5.74, 6) is 4.09. The van der Waals surface area contributed by atoms with E-state index in [2.05, 4.69) is 44.2 Å². The number of hydrogen-bond donors (Lipinski definition) is 0. The third-order valence-corrected chi connectivity index (χ3v) is 5.47. The van der Waals surface area contributed by atoms with Crippen molar-refractivity contribution in [1.82, 2.24) is 0 Å². The van der Waals surface area contributed by atoms with Crippen LogP contribution in [-0.4, -0.2) is 6.10 Å². The monoisotopic (exact) mass is 240 g/mol. The first-order valence-corrected chi connectivity index (χ1v) is 7.20. The summed E-state index contributed by atoms with van der Waals surface area (Å²) >= 11 is 0. The van der Waals surface area contributed by atoms with Crippen molar-refractivity contribution < 1.29 is 4.74 Å². The summed E-state index contributed by atoms with van der Waals surface area (Å²) in [6, 6.07) is 8.63. The van der Waals surface area contributed by atoms with Gasteiger partial charge in [0.15, 0.2) is 0 Å². The molecule has 2 bridgehead atoms. The molecule has 1 aromatic carbocycles. The molecule has 0 aromatic heterocycles. The fourth-order valence-electron chi connectivity index (χ4n) is 4.69. The van der Waals surface area contributed by atoms with E-state index in [4.69, 9.17) is 4.74 Å². The zero-order chi connectivity index (χ0) is 12.3. The van der Waals surface area contributed by atoms with Crippen molar-refractivity contribution in [1.29, 1.82) is 0 Å². The van der Waals surface area contributed by atoms with Crippen molar-refractivity contribution in [2.24, 2.45) is 17.8 Å². The molecular weight excluding hydrogens is 220 g/mol. The highest BCUT2D eigenvalue weighted by Crippen LogP contribution is 2.59. The van der Waals surface area contributed by atoms with Crippen LogP contribution in [0.2, 0.25) is 0 Å². The number of hydrogen-bond acceptors (Lipinski definition) is 1. The highest BCUT2D eigenvalue weighted by Gasteiger charge is 2.55. The predicted molar refractivity (Wildman–Crippen MR) is 72.7 cm³/mol. The molecule has 1 nitrogen and oxygen atoms in total. The Labute approximate surface area is 109 Å². The number of benzene rings is 1. The van der Waals surface area contributed by atoms with Crippen molar-refractivity contribution in [3.05, 3.63) is 41.5 Å². The first-order chi connectivity index (χ1) is 8.79. The molecule has 94 valence electrons. The molecular formula is C17H20O. The van der Waals surface area contributed by atoms with Gasteiger partial charge in [0.2, 0.25) is 0 Å². The second-order valence-corrected chi connectivity index (χ2v) is 6.16. The van der Waals surface area contributed by atoms with E-state index >= 15 is 0 Å². The smallest absolute Gasteiger partial charge is 0.123 e. The van der Waals surface area contributed by atoms with Gasteiger partial charge < -0.3 is 4.74 Å². The van der Waals surface area contributed by atoms with Crippen LogP contribution in [0.4, 0.5) is 0 Å². The first kappa shape index (κ1) is 10.7. The average Bonchev–Trinajstić information content (AvgIpc) is 2.97. The molecule has 2 aliphatic carbocycles. The summed E-state index contributed by atoms with van der Waals surface area (Å²) in [5, 5.41) is 0. The zero-order valence-corrected chi connectivity index (χ0v) is 11.1. The maximum atomic E-state index is 6.35. The lowest BCUT2D eigenvalue weighted by Crippen LogP contribution is -2.40. The maximum Gasteiger partial charge on any atom is 0.123 e. The number of ether oxygens (including phenoxy) is 1. The molecule has 1 aliphatic heterocycles. The summed E-state index contributed by atoms with van der Waals surface area (Å²) in [7, 11) is 0. The molecule has 1 heteroatoms. The molecule has 0 spiro atoms. The summed E-state index contributed by atoms with van der Waals surface area (Å²) in [6.07, 6.45) is 5.45. The molecule has 3 aliphatic rings. The van der Waals surface area contributed by atoms with Gasteiger partial charge in [-0.05, 0) is 43.2 Å². The van der Waals surface area contributed by atoms with Crippen LogP contribution in [0.25, 0.3) is 0 Å². The standard InChI is InChI=1S/C17H20O/c1-3-11-8-12-9-14(11)17-16(12)10(2)13-6-4-5-7-15(13)18-17/h3-7,10,12,14,16-17H,8-9H2,1-2H3. The molecule has 5 unspecified atom stereocenters. The summed E-state index contributed by atoms with van der Waals surface area (Å²) in [6.45, 7) is 4.58. The Morgan fingerprint density at radius 1 is 1.28 bits per heavy atom. The second-order valence-electron chi connectivity index (χ2n) is 6.16. The Balaban J connectivity index is 1.78. The molecule has 2 fully saturated rings. The number of allylic oxidation sites excluding steroid dienone is 1. The topological polar surface area (TPSA) is 9.23 Å². The highest BCUT2D eigenvalue weighted by molar-refractivity contribution is 5.41. The van der Waals surface area contributed by atoms with Crippen molar-refractivity contribution in [3.8, 4) is 5.75 Å². The lowest BCUT2D eigenvalue weighted by atomic mass is 9.72. The van der Waals surface area contributed by atoms with Crippen LogP contribution in [0.1, 0.15) is 38.2 Å². The van der Waals surface area contributed by atoms with Crippen LogP contribution in [0, 0.1) is 17.8 Å². The van der Waals surface area contributed by atoms with Gasteiger partial charge in [0, 0.05) is 11.8 Å². The Morgan fingerprint density at radius 3 is 2.94 bits per heavy atom. The van der Waals surface area contributed by atoms with E-state index in [9.17, 15) is 0 Å². The zero-order valence-electron chi connectivity index (χ0n) is 11.1. The van der Waals surface area contributed by atoms with Crippen molar-refractivity contribution in [3.63, 3.8) is 0 Å². The van der Waals surface area contributed by atoms with Gasteiger partial charge in [0.25, 0.3) is 0 Å². The number of para-hydroxylation sites is 1. The SMILES string of the molecule is CC=C1CC2CC1C1Oc3ccccc3C(C)C21. The Morgan fingerprint density at radius 2 is 2.11 bits per heavy atom. The summed E-state index contributed by atoms with van der Waals surface area (Å²) < 4.78 is 6.35. The molecule has 1 aromatic rings. The molecule has 0 N–H and O–H groups in total. The maximum absolute atomic E-state index is 6.35. The van der Waals surface area contributed by atoms with Gasteiger partial charge in [0.05, 0.1) is 0 Å². The quantitative estimate of drug-likeness (QED) is 0.619. The van der Waals surface area contributed by atoms with Gasteiger partial charge in [-0.2, -0.15) is 0 Å². The third kappa shape index (κ3) is 1.23. The minimum absolute atomic E-state index is 0.444. The van der Waals surface area contributed by atoms with Gasteiger partial charge in [-0.1, -0.05) is 36.8 Å². The minimum Gasteiger partial charge on any atom is -0.489 e. The molecule has 5 atom stereocenters. The fourth-order valence-corrected chi connectivity index (χ4v) is 4.69. The summed E-state index contributed by atoms with van der Waals surface area (Å²) in [4.78, 5) is 0. The Kier molecular flexibility index (Phi) is 2.15. The van der Waals surface area contributed by atoms with E-state index in [1.807, 2.05) is 0 Å². The van der Waals surface area contributed by atoms with Crippen LogP contribution >= 0.6 is 0 Å². The largest absolute Gasteiger partial charge is 0.489 e. The predicted octanol–water partition coefficient (Wildman–Crippen LogP) is 4.15. The van der Waals surface area contributed by atoms with Crippen molar-refractivity contribution in [2.45, 2.75) is 38.7 Å². The van der Waals surface area contributed by atoms with E-state index in [0.717, 1.165) is 17.6 Å². The Hall–Kier alpha value is -1.24. The second kappa shape index (κ2) is 3.63. The number of fused-ring (bicyclic) bond motifs is 6. The highest BCUT2D eigenvalue weighted by atomic mass is 16.5. The van der Waals surface area contributed by atoms with Gasteiger partial charge in [-0.25, -0.2) is 0 Å². The van der Waals surface area contributed by atoms with Gasteiger partial charge in [0.1, 0.15) is 11.9 Å². The van der Waals surface area contributed by atoms with Crippen molar-refractivity contribution in [2.75, 3.05) is 0 Å². The van der Waals surface area contributed by atoms with Gasteiger partial charge in [-0.15, -0.1) is 0 Å². The molecule has 0 radical (unpaired) electrons. The molecule has 4 rings (SSSR count). The Bertz CT molecular complexity index is 516. The van der Waals surface area contributed by atoms with Gasteiger partial charge in [-0.3, -0.25) is 0 Å². The van der Waals surface area contributed by atoms with E-state index in [1.165, 1.54) is 18.4 Å². The van der Waals surface area contributed by atoms with Crippen LogP contribution in [-0.2, 0) is 0 Å². The van der Waals surface area contributed by atoms with Crippen LogP contribution in [0.3, 0.4) is 0 Å². The lowest BCUT2D eigenvalue weighted by Gasteiger charge is -2.41. The fraction of sp³-hybridized carbons (Fsp3) is 0.529. The van der Waals surface area contributed by atoms with E-state index < -0.39 is 0 Å². The third-order valence-electron chi connectivity index (χ3n) is 5.47. The minimum atomic E-state index is 0.444. The van der Waals surface area contributed by atoms with E-state index in [-0.39, 0.29) is 0 Å². The average molecular weight is 240 g/mol. The first-order valence-electron chi connectivity index (χ1n) is 7.20. The van der Waals surface area contributed by atoms with Crippen LogP contribution in [0.5, 0.6) is 5.75 Å². The van der Waals surface area contributed by atoms with E-state index in [1.54, 1.807) is 5.57 Å². The molecule has 18 heavy (non-hydrogen) atoms. The van der Waals surface area contributed by atoms with Crippen LogP contribution < -0.4 is 4.74 Å². The molecule has 0 saturated heterocycles. The van der Waals surface area contributed by atoms with E-state index in [0.29, 0.717) is 17.9 Å². The molecule has 0 amide bonds. The van der Waals surface area contributed by atoms with Gasteiger partial charge >= 0.3 is 0 Å².